The fourth-order valence-electron chi connectivity index (χ4n) is 2.85. The molecule has 0 aromatic heterocycles. The van der Waals surface area contributed by atoms with E-state index in [1.54, 1.807) is 0 Å². The van der Waals surface area contributed by atoms with E-state index in [9.17, 15) is 4.79 Å². The second-order valence-corrected chi connectivity index (χ2v) is 5.84. The third kappa shape index (κ3) is 5.24. The maximum Gasteiger partial charge on any atom is 0.314 e. The fourth-order valence-corrected chi connectivity index (χ4v) is 2.85. The highest BCUT2D eigenvalue weighted by molar-refractivity contribution is 5.73. The van der Waals surface area contributed by atoms with Gasteiger partial charge in [-0.2, -0.15) is 0 Å². The Kier molecular flexibility index (Phi) is 7.07. The Bertz CT molecular complexity index is 474. The lowest BCUT2D eigenvalue weighted by molar-refractivity contribution is 0.236. The topological polar surface area (TPSA) is 50.4 Å². The number of amides is 2. The summed E-state index contributed by atoms with van der Waals surface area (Å²) in [5.41, 5.74) is 2.78. The quantitative estimate of drug-likeness (QED) is 0.723. The number of aryl methyl sites for hydroxylation is 1. The molecule has 0 atom stereocenters. The van der Waals surface area contributed by atoms with Gasteiger partial charge in [0.1, 0.15) is 12.4 Å². The summed E-state index contributed by atoms with van der Waals surface area (Å²) in [7, 11) is 0. The Morgan fingerprint density at radius 2 is 1.95 bits per heavy atom. The molecule has 0 fully saturated rings. The summed E-state index contributed by atoms with van der Waals surface area (Å²) in [6.07, 6.45) is 8.14. The number of ether oxygens (including phenoxy) is 1. The van der Waals surface area contributed by atoms with Crippen molar-refractivity contribution in [2.75, 3.05) is 19.7 Å². The number of carbonyl (C=O) groups is 1. The van der Waals surface area contributed by atoms with Crippen molar-refractivity contribution in [3.8, 4) is 5.75 Å². The minimum absolute atomic E-state index is 0.102. The number of fused-ring (bicyclic) bond motifs is 1. The van der Waals surface area contributed by atoms with E-state index in [-0.39, 0.29) is 6.03 Å². The average molecular weight is 304 g/mol. The van der Waals surface area contributed by atoms with Crippen LogP contribution in [0.5, 0.6) is 5.75 Å². The van der Waals surface area contributed by atoms with Gasteiger partial charge in [-0.15, -0.1) is 0 Å². The summed E-state index contributed by atoms with van der Waals surface area (Å²) < 4.78 is 5.86. The van der Waals surface area contributed by atoms with Crippen molar-refractivity contribution in [2.24, 2.45) is 0 Å². The molecule has 2 rings (SSSR count). The first-order valence-corrected chi connectivity index (χ1v) is 8.56. The van der Waals surface area contributed by atoms with Crippen LogP contribution in [0.15, 0.2) is 18.2 Å². The van der Waals surface area contributed by atoms with Crippen LogP contribution in [0.1, 0.15) is 50.2 Å². The SMILES string of the molecule is CCCCCNC(=O)NCCOc1cccc2c1CCCC2. The lowest BCUT2D eigenvalue weighted by atomic mass is 9.91. The molecule has 0 spiro atoms. The molecular weight excluding hydrogens is 276 g/mol. The van der Waals surface area contributed by atoms with Crippen molar-refractivity contribution in [3.05, 3.63) is 29.3 Å². The van der Waals surface area contributed by atoms with Crippen molar-refractivity contribution < 1.29 is 9.53 Å². The smallest absolute Gasteiger partial charge is 0.314 e. The van der Waals surface area contributed by atoms with E-state index in [1.807, 2.05) is 6.07 Å². The predicted molar refractivity (Wildman–Crippen MR) is 89.5 cm³/mol. The molecule has 4 nitrogen and oxygen atoms in total. The van der Waals surface area contributed by atoms with Crippen LogP contribution in [-0.4, -0.2) is 25.7 Å². The minimum Gasteiger partial charge on any atom is -0.491 e. The molecule has 0 unspecified atom stereocenters. The van der Waals surface area contributed by atoms with E-state index in [1.165, 1.54) is 30.4 Å². The molecule has 22 heavy (non-hydrogen) atoms. The second kappa shape index (κ2) is 9.34. The summed E-state index contributed by atoms with van der Waals surface area (Å²) in [6.45, 7) is 3.94. The Balaban J connectivity index is 1.66. The molecule has 2 amide bonds. The second-order valence-electron chi connectivity index (χ2n) is 5.84. The van der Waals surface area contributed by atoms with Crippen molar-refractivity contribution >= 4 is 6.03 Å². The first-order valence-electron chi connectivity index (χ1n) is 8.56. The normalized spacial score (nSPS) is 13.3. The van der Waals surface area contributed by atoms with Crippen LogP contribution in [0.2, 0.25) is 0 Å². The lowest BCUT2D eigenvalue weighted by Gasteiger charge is -2.19. The highest BCUT2D eigenvalue weighted by Gasteiger charge is 2.13. The van der Waals surface area contributed by atoms with Gasteiger partial charge in [-0.1, -0.05) is 31.9 Å². The predicted octanol–water partition coefficient (Wildman–Crippen LogP) is 3.43. The zero-order valence-corrected chi connectivity index (χ0v) is 13.6. The first-order chi connectivity index (χ1) is 10.8. The Morgan fingerprint density at radius 1 is 1.14 bits per heavy atom. The van der Waals surface area contributed by atoms with E-state index in [4.69, 9.17) is 4.74 Å². The summed E-state index contributed by atoms with van der Waals surface area (Å²) in [6, 6.07) is 6.20. The van der Waals surface area contributed by atoms with Crippen molar-refractivity contribution in [1.82, 2.24) is 10.6 Å². The highest BCUT2D eigenvalue weighted by Crippen LogP contribution is 2.29. The van der Waals surface area contributed by atoms with Gasteiger partial charge in [-0.3, -0.25) is 0 Å². The number of urea groups is 1. The maximum absolute atomic E-state index is 11.6. The van der Waals surface area contributed by atoms with Gasteiger partial charge in [-0.25, -0.2) is 4.79 Å². The minimum atomic E-state index is -0.102. The van der Waals surface area contributed by atoms with E-state index >= 15 is 0 Å². The standard InChI is InChI=1S/C18H28N2O2/c1-2-3-6-12-19-18(21)20-13-14-22-17-11-7-9-15-8-4-5-10-16(15)17/h7,9,11H,2-6,8,10,12-14H2,1H3,(H2,19,20,21). The van der Waals surface area contributed by atoms with Gasteiger partial charge in [0, 0.05) is 6.54 Å². The molecule has 1 aliphatic rings. The van der Waals surface area contributed by atoms with Gasteiger partial charge in [0.25, 0.3) is 0 Å². The lowest BCUT2D eigenvalue weighted by Crippen LogP contribution is -2.38. The molecule has 2 N–H and O–H groups in total. The summed E-state index contributed by atoms with van der Waals surface area (Å²) in [5, 5.41) is 5.70. The average Bonchev–Trinajstić information content (AvgIpc) is 2.56. The van der Waals surface area contributed by atoms with Crippen molar-refractivity contribution in [1.29, 1.82) is 0 Å². The molecule has 0 aliphatic heterocycles. The van der Waals surface area contributed by atoms with Crippen LogP contribution in [0, 0.1) is 0 Å². The molecular formula is C18H28N2O2. The third-order valence-electron chi connectivity index (χ3n) is 4.06. The number of benzene rings is 1. The summed E-state index contributed by atoms with van der Waals surface area (Å²) in [4.78, 5) is 11.6. The van der Waals surface area contributed by atoms with Gasteiger partial charge >= 0.3 is 6.03 Å². The van der Waals surface area contributed by atoms with Gasteiger partial charge < -0.3 is 15.4 Å². The highest BCUT2D eigenvalue weighted by atomic mass is 16.5. The number of rotatable bonds is 8. The maximum atomic E-state index is 11.6. The van der Waals surface area contributed by atoms with Gasteiger partial charge in [0.15, 0.2) is 0 Å². The van der Waals surface area contributed by atoms with E-state index in [0.717, 1.165) is 38.0 Å². The van der Waals surface area contributed by atoms with Crippen LogP contribution in [-0.2, 0) is 12.8 Å². The van der Waals surface area contributed by atoms with Gasteiger partial charge in [-0.05, 0) is 49.3 Å². The van der Waals surface area contributed by atoms with Crippen molar-refractivity contribution in [2.45, 2.75) is 51.9 Å². The Labute approximate surface area is 133 Å². The Morgan fingerprint density at radius 3 is 2.82 bits per heavy atom. The first kappa shape index (κ1) is 16.7. The largest absolute Gasteiger partial charge is 0.491 e. The van der Waals surface area contributed by atoms with E-state index in [0.29, 0.717) is 13.2 Å². The molecule has 1 aliphatic carbocycles. The molecule has 0 saturated heterocycles. The molecule has 1 aromatic carbocycles. The van der Waals surface area contributed by atoms with Crippen LogP contribution in [0.4, 0.5) is 4.79 Å². The molecule has 1 aromatic rings. The molecule has 122 valence electrons. The third-order valence-corrected chi connectivity index (χ3v) is 4.06. The van der Waals surface area contributed by atoms with Gasteiger partial charge in [0.2, 0.25) is 0 Å². The van der Waals surface area contributed by atoms with Crippen LogP contribution in [0.25, 0.3) is 0 Å². The number of carbonyl (C=O) groups excluding carboxylic acids is 1. The molecule has 0 heterocycles. The van der Waals surface area contributed by atoms with Crippen LogP contribution >= 0.6 is 0 Å². The fraction of sp³-hybridized carbons (Fsp3) is 0.611. The number of hydrogen-bond acceptors (Lipinski definition) is 2. The summed E-state index contributed by atoms with van der Waals surface area (Å²) in [5.74, 6) is 0.988. The molecule has 4 heteroatoms. The zero-order valence-electron chi connectivity index (χ0n) is 13.6. The number of hydrogen-bond donors (Lipinski definition) is 2. The molecule has 0 saturated carbocycles. The monoisotopic (exact) mass is 304 g/mol. The number of unbranched alkanes of at least 4 members (excludes halogenated alkanes) is 2. The molecule has 0 bridgehead atoms. The van der Waals surface area contributed by atoms with Gasteiger partial charge in [0.05, 0.1) is 6.54 Å². The van der Waals surface area contributed by atoms with E-state index < -0.39 is 0 Å². The van der Waals surface area contributed by atoms with E-state index in [2.05, 4.69) is 29.7 Å². The zero-order chi connectivity index (χ0) is 15.6. The van der Waals surface area contributed by atoms with Crippen LogP contribution < -0.4 is 15.4 Å². The van der Waals surface area contributed by atoms with Crippen molar-refractivity contribution in [3.63, 3.8) is 0 Å². The van der Waals surface area contributed by atoms with Crippen LogP contribution in [0.3, 0.4) is 0 Å². The Hall–Kier alpha value is -1.71. The molecule has 0 radical (unpaired) electrons. The number of nitrogens with one attached hydrogen (secondary N) is 2. The summed E-state index contributed by atoms with van der Waals surface area (Å²) >= 11 is 0.